The molecule has 7 heteroatoms. The minimum Gasteiger partial charge on any atom is -0.481 e. The van der Waals surface area contributed by atoms with Crippen molar-refractivity contribution in [1.29, 1.82) is 0 Å². The molecular formula is C11H13N3O3S. The van der Waals surface area contributed by atoms with Gasteiger partial charge in [0.05, 0.1) is 12.3 Å². The van der Waals surface area contributed by atoms with Crippen molar-refractivity contribution in [2.24, 2.45) is 0 Å². The number of rotatable bonds is 5. The van der Waals surface area contributed by atoms with E-state index < -0.39 is 5.97 Å². The minimum absolute atomic E-state index is 0.00566. The molecule has 0 saturated carbocycles. The monoisotopic (exact) mass is 267 g/mol. The second kappa shape index (κ2) is 5.26. The number of nitrogens with zero attached hydrogens (tertiary/aromatic N) is 3. The molecule has 0 aliphatic rings. The number of imidazole rings is 1. The molecule has 0 amide bonds. The fourth-order valence-corrected chi connectivity index (χ4v) is 2.27. The lowest BCUT2D eigenvalue weighted by Crippen LogP contribution is -2.06. The molecule has 0 unspecified atom stereocenters. The molecule has 0 aromatic carbocycles. The zero-order valence-electron chi connectivity index (χ0n) is 10.1. The third kappa shape index (κ3) is 2.92. The van der Waals surface area contributed by atoms with Crippen LogP contribution in [0.15, 0.2) is 21.9 Å². The second-order valence-corrected chi connectivity index (χ2v) is 4.82. The molecule has 2 heterocycles. The first-order valence-electron chi connectivity index (χ1n) is 5.35. The number of hydrogen-bond donors (Lipinski definition) is 1. The third-order valence-corrected chi connectivity index (χ3v) is 3.32. The predicted octanol–water partition coefficient (Wildman–Crippen LogP) is 1.71. The van der Waals surface area contributed by atoms with Crippen molar-refractivity contribution >= 4 is 17.7 Å². The lowest BCUT2D eigenvalue weighted by atomic mass is 10.3. The number of carboxylic acid groups (broad SMARTS) is 1. The number of carboxylic acids is 1. The number of aryl methyl sites for hydroxylation is 2. The van der Waals surface area contributed by atoms with Crippen LogP contribution in [0.25, 0.3) is 0 Å². The van der Waals surface area contributed by atoms with Gasteiger partial charge in [0.2, 0.25) is 0 Å². The molecule has 2 aromatic heterocycles. The first-order chi connectivity index (χ1) is 8.56. The van der Waals surface area contributed by atoms with Crippen LogP contribution in [-0.2, 0) is 11.3 Å². The van der Waals surface area contributed by atoms with Crippen molar-refractivity contribution in [3.05, 3.63) is 29.4 Å². The van der Waals surface area contributed by atoms with Crippen LogP contribution in [0.3, 0.4) is 0 Å². The van der Waals surface area contributed by atoms with E-state index in [4.69, 9.17) is 9.63 Å². The fraction of sp³-hybridized carbons (Fsp3) is 0.364. The number of carbonyl (C=O) groups is 1. The summed E-state index contributed by atoms with van der Waals surface area (Å²) in [6.45, 7) is 4.28. The van der Waals surface area contributed by atoms with E-state index >= 15 is 0 Å². The molecule has 0 spiro atoms. The zero-order chi connectivity index (χ0) is 13.1. The highest BCUT2D eigenvalue weighted by Crippen LogP contribution is 2.19. The summed E-state index contributed by atoms with van der Waals surface area (Å²) >= 11 is 1.20. The molecule has 6 nitrogen and oxygen atoms in total. The van der Waals surface area contributed by atoms with E-state index in [9.17, 15) is 4.79 Å². The first-order valence-corrected chi connectivity index (χ1v) is 6.33. The molecule has 1 N–H and O–H groups in total. The summed E-state index contributed by atoms with van der Waals surface area (Å²) in [4.78, 5) is 14.8. The summed E-state index contributed by atoms with van der Waals surface area (Å²) in [5.74, 6) is -0.110. The maximum Gasteiger partial charge on any atom is 0.313 e. The minimum atomic E-state index is -0.857. The van der Waals surface area contributed by atoms with Crippen molar-refractivity contribution in [1.82, 2.24) is 14.7 Å². The largest absolute Gasteiger partial charge is 0.481 e. The van der Waals surface area contributed by atoms with Gasteiger partial charge in [0, 0.05) is 18.0 Å². The molecule has 2 rings (SSSR count). The summed E-state index contributed by atoms with van der Waals surface area (Å²) in [7, 11) is 0. The fourth-order valence-electron chi connectivity index (χ4n) is 1.53. The van der Waals surface area contributed by atoms with E-state index in [2.05, 4.69) is 10.1 Å². The van der Waals surface area contributed by atoms with Crippen molar-refractivity contribution in [2.75, 3.05) is 5.75 Å². The Morgan fingerprint density at radius 1 is 1.56 bits per heavy atom. The maximum atomic E-state index is 10.6. The van der Waals surface area contributed by atoms with Crippen LogP contribution in [0, 0.1) is 13.8 Å². The number of hydrogen-bond acceptors (Lipinski definition) is 5. The lowest BCUT2D eigenvalue weighted by molar-refractivity contribution is -0.133. The molecule has 2 aromatic rings. The average molecular weight is 267 g/mol. The van der Waals surface area contributed by atoms with Crippen LogP contribution < -0.4 is 0 Å². The van der Waals surface area contributed by atoms with Crippen LogP contribution in [0.2, 0.25) is 0 Å². The SMILES string of the molecule is Cc1cc(Cn2c(C)cnc2SCC(=O)O)no1. The molecule has 0 saturated heterocycles. The first kappa shape index (κ1) is 12.7. The molecule has 0 atom stereocenters. The van der Waals surface area contributed by atoms with Gasteiger partial charge in [0.1, 0.15) is 11.5 Å². The zero-order valence-corrected chi connectivity index (χ0v) is 10.9. The Balaban J connectivity index is 2.16. The quantitative estimate of drug-likeness (QED) is 0.831. The predicted molar refractivity (Wildman–Crippen MR) is 65.7 cm³/mol. The van der Waals surface area contributed by atoms with Crippen molar-refractivity contribution in [3.8, 4) is 0 Å². The van der Waals surface area contributed by atoms with Gasteiger partial charge in [0.25, 0.3) is 0 Å². The Morgan fingerprint density at radius 3 is 2.94 bits per heavy atom. The van der Waals surface area contributed by atoms with E-state index in [0.29, 0.717) is 11.7 Å². The van der Waals surface area contributed by atoms with Crippen LogP contribution in [-0.4, -0.2) is 31.5 Å². The highest BCUT2D eigenvalue weighted by atomic mass is 32.2. The van der Waals surface area contributed by atoms with E-state index in [0.717, 1.165) is 17.1 Å². The van der Waals surface area contributed by atoms with Gasteiger partial charge >= 0.3 is 5.97 Å². The van der Waals surface area contributed by atoms with Gasteiger partial charge in [-0.25, -0.2) is 4.98 Å². The van der Waals surface area contributed by atoms with E-state index in [1.54, 1.807) is 6.20 Å². The van der Waals surface area contributed by atoms with Gasteiger partial charge in [-0.05, 0) is 13.8 Å². The summed E-state index contributed by atoms with van der Waals surface area (Å²) in [5.41, 5.74) is 1.76. The highest BCUT2D eigenvalue weighted by Gasteiger charge is 2.11. The smallest absolute Gasteiger partial charge is 0.313 e. The van der Waals surface area contributed by atoms with Gasteiger partial charge in [-0.2, -0.15) is 0 Å². The lowest BCUT2D eigenvalue weighted by Gasteiger charge is -2.06. The maximum absolute atomic E-state index is 10.6. The standard InChI is InChI=1S/C11H13N3O3S/c1-7-4-12-11(18-6-10(15)16)14(7)5-9-3-8(2)17-13-9/h3-4H,5-6H2,1-2H3,(H,15,16). The van der Waals surface area contributed by atoms with Crippen LogP contribution in [0.4, 0.5) is 0 Å². The van der Waals surface area contributed by atoms with Gasteiger partial charge in [-0.15, -0.1) is 0 Å². The van der Waals surface area contributed by atoms with Gasteiger partial charge in [-0.3, -0.25) is 4.79 Å². The molecule has 18 heavy (non-hydrogen) atoms. The average Bonchev–Trinajstić information content (AvgIpc) is 2.85. The van der Waals surface area contributed by atoms with Crippen LogP contribution in [0.5, 0.6) is 0 Å². The van der Waals surface area contributed by atoms with Gasteiger partial charge in [0.15, 0.2) is 5.16 Å². The van der Waals surface area contributed by atoms with Gasteiger partial charge in [-0.1, -0.05) is 16.9 Å². The number of aliphatic carboxylic acids is 1. The normalized spacial score (nSPS) is 10.8. The Hall–Kier alpha value is -1.76. The molecule has 0 aliphatic heterocycles. The van der Waals surface area contributed by atoms with Crippen molar-refractivity contribution in [2.45, 2.75) is 25.5 Å². The Bertz CT molecular complexity index is 562. The van der Waals surface area contributed by atoms with E-state index in [1.165, 1.54) is 11.8 Å². The molecule has 96 valence electrons. The Labute approximate surface area is 108 Å². The van der Waals surface area contributed by atoms with E-state index in [-0.39, 0.29) is 5.75 Å². The summed E-state index contributed by atoms with van der Waals surface area (Å²) in [6, 6.07) is 1.85. The number of aromatic nitrogens is 3. The molecule has 0 aliphatic carbocycles. The molecule has 0 fully saturated rings. The summed E-state index contributed by atoms with van der Waals surface area (Å²) in [5, 5.41) is 13.3. The summed E-state index contributed by atoms with van der Waals surface area (Å²) < 4.78 is 6.93. The topological polar surface area (TPSA) is 81.2 Å². The molecule has 0 radical (unpaired) electrons. The van der Waals surface area contributed by atoms with Crippen LogP contribution in [0.1, 0.15) is 17.1 Å². The van der Waals surface area contributed by atoms with Crippen molar-refractivity contribution in [3.63, 3.8) is 0 Å². The molecular weight excluding hydrogens is 254 g/mol. The highest BCUT2D eigenvalue weighted by molar-refractivity contribution is 7.99. The molecule has 0 bridgehead atoms. The van der Waals surface area contributed by atoms with Crippen molar-refractivity contribution < 1.29 is 14.4 Å². The second-order valence-electron chi connectivity index (χ2n) is 3.88. The Morgan fingerprint density at radius 2 is 2.33 bits per heavy atom. The third-order valence-electron chi connectivity index (χ3n) is 2.34. The summed E-state index contributed by atoms with van der Waals surface area (Å²) in [6.07, 6.45) is 1.72. The van der Waals surface area contributed by atoms with Crippen LogP contribution >= 0.6 is 11.8 Å². The Kier molecular flexibility index (Phi) is 3.71. The number of thioether (sulfide) groups is 1. The van der Waals surface area contributed by atoms with E-state index in [1.807, 2.05) is 24.5 Å². The van der Waals surface area contributed by atoms with Gasteiger partial charge < -0.3 is 14.2 Å².